The van der Waals surface area contributed by atoms with E-state index in [0.29, 0.717) is 12.0 Å². The van der Waals surface area contributed by atoms with Crippen LogP contribution in [0.15, 0.2) is 30.9 Å². The fourth-order valence-electron chi connectivity index (χ4n) is 1.16. The SMILES string of the molecule is C=CCc1ccc([N+](=O)[O-])cc1[N+](=O)[O-].OSO. The van der Waals surface area contributed by atoms with E-state index in [1.165, 1.54) is 18.2 Å². The summed E-state index contributed by atoms with van der Waals surface area (Å²) in [5.41, 5.74) is -0.112. The largest absolute Gasteiger partial charge is 0.307 e. The zero-order valence-corrected chi connectivity index (χ0v) is 9.87. The molecule has 0 heterocycles. The first-order chi connectivity index (χ1) is 8.47. The maximum absolute atomic E-state index is 10.6. The van der Waals surface area contributed by atoms with Crippen molar-refractivity contribution in [3.05, 3.63) is 56.6 Å². The van der Waals surface area contributed by atoms with Crippen molar-refractivity contribution >= 4 is 23.7 Å². The van der Waals surface area contributed by atoms with Gasteiger partial charge in [-0.05, 0) is 12.5 Å². The zero-order valence-electron chi connectivity index (χ0n) is 9.05. The summed E-state index contributed by atoms with van der Waals surface area (Å²) in [6.45, 7) is 3.46. The number of non-ortho nitro benzene ring substituents is 1. The van der Waals surface area contributed by atoms with E-state index in [4.69, 9.17) is 9.11 Å². The summed E-state index contributed by atoms with van der Waals surface area (Å²) in [5.74, 6) is 0. The first-order valence-electron chi connectivity index (χ1n) is 4.45. The highest BCUT2D eigenvalue weighted by Gasteiger charge is 2.17. The number of nitrogens with zero attached hydrogens (tertiary/aromatic N) is 2. The van der Waals surface area contributed by atoms with Crippen LogP contribution in [0, 0.1) is 20.2 Å². The minimum atomic E-state index is -0.662. The Balaban J connectivity index is 0.000000873. The van der Waals surface area contributed by atoms with E-state index in [-0.39, 0.29) is 23.7 Å². The van der Waals surface area contributed by atoms with Gasteiger partial charge in [-0.2, -0.15) is 0 Å². The normalized spacial score (nSPS) is 9.00. The van der Waals surface area contributed by atoms with Crippen molar-refractivity contribution in [2.24, 2.45) is 0 Å². The average molecular weight is 274 g/mol. The van der Waals surface area contributed by atoms with Crippen LogP contribution < -0.4 is 0 Å². The summed E-state index contributed by atoms with van der Waals surface area (Å²) >= 11 is -0.250. The standard InChI is InChI=1S/C9H8N2O4.H2O2S/c1-2-3-7-4-5-8(10(12)13)6-9(7)11(14)15;1-3-2/h2,4-6H,1,3H2;1-2H. The van der Waals surface area contributed by atoms with Gasteiger partial charge in [0.1, 0.15) is 0 Å². The summed E-state index contributed by atoms with van der Waals surface area (Å²) in [7, 11) is 0. The van der Waals surface area contributed by atoms with E-state index in [1.54, 1.807) is 0 Å². The second-order valence-electron chi connectivity index (χ2n) is 2.90. The van der Waals surface area contributed by atoms with Crippen molar-refractivity contribution in [2.45, 2.75) is 6.42 Å². The predicted octanol–water partition coefficient (Wildman–Crippen LogP) is 2.90. The molecule has 0 aromatic heterocycles. The monoisotopic (exact) mass is 274 g/mol. The van der Waals surface area contributed by atoms with Crippen molar-refractivity contribution in [3.8, 4) is 0 Å². The van der Waals surface area contributed by atoms with Crippen LogP contribution in [-0.4, -0.2) is 19.0 Å². The van der Waals surface area contributed by atoms with Crippen LogP contribution in [0.25, 0.3) is 0 Å². The van der Waals surface area contributed by atoms with Crippen molar-refractivity contribution in [2.75, 3.05) is 0 Å². The number of hydrogen-bond donors (Lipinski definition) is 2. The number of benzene rings is 1. The lowest BCUT2D eigenvalue weighted by atomic mass is 10.1. The summed E-state index contributed by atoms with van der Waals surface area (Å²) < 4.78 is 14.1. The minimum absolute atomic E-state index is 0.246. The highest BCUT2D eigenvalue weighted by atomic mass is 32.2. The van der Waals surface area contributed by atoms with Crippen molar-refractivity contribution < 1.29 is 19.0 Å². The van der Waals surface area contributed by atoms with E-state index in [9.17, 15) is 20.2 Å². The predicted molar refractivity (Wildman–Crippen MR) is 66.5 cm³/mol. The molecule has 0 spiro atoms. The molecule has 0 atom stereocenters. The molecule has 0 radical (unpaired) electrons. The number of nitro benzene ring substituents is 2. The highest BCUT2D eigenvalue weighted by molar-refractivity contribution is 7.87. The van der Waals surface area contributed by atoms with E-state index in [0.717, 1.165) is 6.07 Å². The molecule has 1 aromatic carbocycles. The van der Waals surface area contributed by atoms with Crippen LogP contribution >= 0.6 is 12.3 Å². The van der Waals surface area contributed by atoms with Gasteiger partial charge < -0.3 is 9.11 Å². The van der Waals surface area contributed by atoms with Gasteiger partial charge in [0.25, 0.3) is 11.4 Å². The lowest BCUT2D eigenvalue weighted by Crippen LogP contribution is -1.96. The van der Waals surface area contributed by atoms with E-state index < -0.39 is 9.85 Å². The van der Waals surface area contributed by atoms with Gasteiger partial charge in [0, 0.05) is 11.6 Å². The van der Waals surface area contributed by atoms with Gasteiger partial charge in [-0.3, -0.25) is 20.2 Å². The Morgan fingerprint density at radius 2 is 1.83 bits per heavy atom. The Hall–Kier alpha value is -1.97. The van der Waals surface area contributed by atoms with E-state index in [1.807, 2.05) is 0 Å². The van der Waals surface area contributed by atoms with Gasteiger partial charge in [-0.25, -0.2) is 0 Å². The molecule has 0 fully saturated rings. The first kappa shape index (κ1) is 16.0. The summed E-state index contributed by atoms with van der Waals surface area (Å²) in [6.07, 6.45) is 1.82. The Bertz CT molecular complexity index is 451. The number of rotatable bonds is 4. The molecule has 1 aromatic rings. The molecule has 0 saturated carbocycles. The fraction of sp³-hybridized carbons (Fsp3) is 0.111. The number of hydrogen-bond acceptors (Lipinski definition) is 7. The van der Waals surface area contributed by atoms with Gasteiger partial charge in [0.15, 0.2) is 12.3 Å². The second kappa shape index (κ2) is 8.17. The van der Waals surface area contributed by atoms with Crippen LogP contribution in [0.3, 0.4) is 0 Å². The van der Waals surface area contributed by atoms with Crippen LogP contribution in [0.2, 0.25) is 0 Å². The van der Waals surface area contributed by atoms with Gasteiger partial charge in [-0.15, -0.1) is 6.58 Å². The Kier molecular flexibility index (Phi) is 7.28. The molecule has 98 valence electrons. The van der Waals surface area contributed by atoms with Crippen LogP contribution in [0.1, 0.15) is 5.56 Å². The first-order valence-corrected chi connectivity index (χ1v) is 5.18. The maximum Gasteiger partial charge on any atom is 0.279 e. The average Bonchev–Trinajstić information content (AvgIpc) is 2.30. The second-order valence-corrected chi connectivity index (χ2v) is 3.06. The van der Waals surface area contributed by atoms with Crippen molar-refractivity contribution in [1.82, 2.24) is 0 Å². The van der Waals surface area contributed by atoms with Crippen molar-refractivity contribution in [3.63, 3.8) is 0 Å². The third-order valence-corrected chi connectivity index (χ3v) is 1.84. The molecular weight excluding hydrogens is 264 g/mol. The Morgan fingerprint density at radius 3 is 2.22 bits per heavy atom. The summed E-state index contributed by atoms with van der Waals surface area (Å²) in [6, 6.07) is 3.57. The Morgan fingerprint density at radius 1 is 1.28 bits per heavy atom. The molecule has 0 saturated heterocycles. The molecule has 8 nitrogen and oxygen atoms in total. The summed E-state index contributed by atoms with van der Waals surface area (Å²) in [5, 5.41) is 21.0. The summed E-state index contributed by atoms with van der Waals surface area (Å²) in [4.78, 5) is 19.7. The molecule has 9 heteroatoms. The molecule has 0 aliphatic heterocycles. The maximum atomic E-state index is 10.6. The number of allylic oxidation sites excluding steroid dienone is 1. The van der Waals surface area contributed by atoms with Crippen molar-refractivity contribution in [1.29, 1.82) is 0 Å². The fourth-order valence-corrected chi connectivity index (χ4v) is 1.16. The number of nitro groups is 2. The van der Waals surface area contributed by atoms with Gasteiger partial charge >= 0.3 is 0 Å². The molecule has 0 amide bonds. The topological polar surface area (TPSA) is 127 Å². The third kappa shape index (κ3) is 4.91. The molecule has 2 N–H and O–H groups in total. The van der Waals surface area contributed by atoms with Crippen LogP contribution in [-0.2, 0) is 6.42 Å². The minimum Gasteiger partial charge on any atom is -0.307 e. The molecule has 1 rings (SSSR count). The quantitative estimate of drug-likeness (QED) is 0.374. The van der Waals surface area contributed by atoms with Gasteiger partial charge in [0.2, 0.25) is 0 Å². The lowest BCUT2D eigenvalue weighted by Gasteiger charge is -1.99. The van der Waals surface area contributed by atoms with Gasteiger partial charge in [-0.1, -0.05) is 6.08 Å². The molecule has 0 unspecified atom stereocenters. The van der Waals surface area contributed by atoms with E-state index in [2.05, 4.69) is 6.58 Å². The van der Waals surface area contributed by atoms with Crippen LogP contribution in [0.5, 0.6) is 0 Å². The Labute approximate surface area is 106 Å². The van der Waals surface area contributed by atoms with Crippen LogP contribution in [0.4, 0.5) is 11.4 Å². The highest BCUT2D eigenvalue weighted by Crippen LogP contribution is 2.24. The molecule has 0 aliphatic rings. The molecular formula is C9H10N2O6S. The van der Waals surface area contributed by atoms with Gasteiger partial charge in [0.05, 0.1) is 15.9 Å². The molecule has 0 aliphatic carbocycles. The van der Waals surface area contributed by atoms with E-state index >= 15 is 0 Å². The smallest absolute Gasteiger partial charge is 0.279 e. The molecule has 18 heavy (non-hydrogen) atoms. The third-order valence-electron chi connectivity index (χ3n) is 1.84. The lowest BCUT2D eigenvalue weighted by molar-refractivity contribution is -0.394. The molecule has 0 bridgehead atoms. The zero-order chi connectivity index (χ0) is 14.1.